The van der Waals surface area contributed by atoms with Crippen LogP contribution < -0.4 is 0 Å². The van der Waals surface area contributed by atoms with Crippen LogP contribution in [0.3, 0.4) is 0 Å². The summed E-state index contributed by atoms with van der Waals surface area (Å²) in [6, 6.07) is 17.1. The molecule has 0 spiro atoms. The first kappa shape index (κ1) is 23.1. The van der Waals surface area contributed by atoms with E-state index in [2.05, 4.69) is 6.92 Å². The van der Waals surface area contributed by atoms with Crippen molar-refractivity contribution in [1.29, 1.82) is 0 Å². The number of hydrogen-bond donors (Lipinski definition) is 0. The second kappa shape index (κ2) is 11.1. The van der Waals surface area contributed by atoms with Crippen molar-refractivity contribution in [3.8, 4) is 0 Å². The van der Waals surface area contributed by atoms with Crippen molar-refractivity contribution >= 4 is 29.0 Å². The van der Waals surface area contributed by atoms with Gasteiger partial charge in [0.15, 0.2) is 0 Å². The van der Waals surface area contributed by atoms with Gasteiger partial charge >= 0.3 is 0 Å². The van der Waals surface area contributed by atoms with Crippen LogP contribution in [-0.2, 0) is 16.1 Å². The molecule has 2 aromatic carbocycles. The topological polar surface area (TPSA) is 40.6 Å². The summed E-state index contributed by atoms with van der Waals surface area (Å²) in [5.41, 5.74) is 2.74. The lowest BCUT2D eigenvalue weighted by atomic mass is 10.0. The van der Waals surface area contributed by atoms with Crippen LogP contribution in [-0.4, -0.2) is 35.2 Å². The first-order chi connectivity index (χ1) is 15.0. The molecule has 0 aromatic heterocycles. The van der Waals surface area contributed by atoms with Crippen molar-refractivity contribution in [1.82, 2.24) is 9.80 Å². The van der Waals surface area contributed by atoms with Gasteiger partial charge in [0.25, 0.3) is 11.8 Å². The summed E-state index contributed by atoms with van der Waals surface area (Å²) >= 11 is 6.05. The van der Waals surface area contributed by atoms with Gasteiger partial charge in [0.05, 0.1) is 5.57 Å². The zero-order chi connectivity index (χ0) is 22.2. The van der Waals surface area contributed by atoms with Gasteiger partial charge in [-0.2, -0.15) is 0 Å². The molecule has 1 aliphatic rings. The maximum atomic E-state index is 13.3. The molecule has 0 bridgehead atoms. The highest BCUT2D eigenvalue weighted by atomic mass is 35.5. The monoisotopic (exact) mass is 438 g/mol. The fraction of sp³-hybridized carbons (Fsp3) is 0.385. The van der Waals surface area contributed by atoms with E-state index >= 15 is 0 Å². The Hall–Kier alpha value is -2.59. The highest BCUT2D eigenvalue weighted by molar-refractivity contribution is 6.36. The summed E-state index contributed by atoms with van der Waals surface area (Å²) in [6.45, 7) is 3.21. The highest BCUT2D eigenvalue weighted by Crippen LogP contribution is 2.32. The number of carbonyl (C=O) groups is 2. The van der Waals surface area contributed by atoms with Crippen molar-refractivity contribution in [2.45, 2.75) is 52.0 Å². The fourth-order valence-corrected chi connectivity index (χ4v) is 4.11. The Morgan fingerprint density at radius 3 is 2.16 bits per heavy atom. The van der Waals surface area contributed by atoms with E-state index < -0.39 is 0 Å². The average Bonchev–Trinajstić information content (AvgIpc) is 3.02. The van der Waals surface area contributed by atoms with Gasteiger partial charge in [-0.1, -0.05) is 93.1 Å². The molecule has 0 radical (unpaired) electrons. The van der Waals surface area contributed by atoms with Crippen LogP contribution >= 0.6 is 11.6 Å². The largest absolute Gasteiger partial charge is 0.365 e. The van der Waals surface area contributed by atoms with E-state index in [-0.39, 0.29) is 11.8 Å². The van der Waals surface area contributed by atoms with E-state index in [0.29, 0.717) is 29.4 Å². The zero-order valence-electron chi connectivity index (χ0n) is 18.4. The smallest absolute Gasteiger partial charge is 0.277 e. The number of likely N-dealkylation sites (N-methyl/N-ethyl adjacent to an activating group) is 1. The summed E-state index contributed by atoms with van der Waals surface area (Å²) < 4.78 is 0. The van der Waals surface area contributed by atoms with E-state index in [0.717, 1.165) is 30.4 Å². The molecule has 0 atom stereocenters. The van der Waals surface area contributed by atoms with Crippen LogP contribution in [0.25, 0.3) is 5.57 Å². The van der Waals surface area contributed by atoms with Crippen molar-refractivity contribution in [2.24, 2.45) is 0 Å². The van der Waals surface area contributed by atoms with Crippen LogP contribution in [0.4, 0.5) is 0 Å². The van der Waals surface area contributed by atoms with Gasteiger partial charge in [-0.25, -0.2) is 0 Å². The van der Waals surface area contributed by atoms with Gasteiger partial charge in [0.2, 0.25) is 0 Å². The number of nitrogens with zero attached hydrogens (tertiary/aromatic N) is 2. The maximum absolute atomic E-state index is 13.3. The molecular weight excluding hydrogens is 408 g/mol. The van der Waals surface area contributed by atoms with Gasteiger partial charge in [0, 0.05) is 25.2 Å². The summed E-state index contributed by atoms with van der Waals surface area (Å²) in [5, 5.41) is 0.601. The van der Waals surface area contributed by atoms with Crippen LogP contribution in [0.2, 0.25) is 5.02 Å². The molecule has 0 saturated carbocycles. The molecule has 1 heterocycles. The first-order valence-electron chi connectivity index (χ1n) is 11.1. The standard InChI is InChI=1S/C26H31ClN2O2/c1-3-4-5-6-7-11-18-29-25(30)23(21-14-16-22(27)17-15-21)24(26(29)31)28(2)19-20-12-9-8-10-13-20/h8-10,12-17H,3-7,11,18-19H2,1-2H3. The van der Waals surface area contributed by atoms with Gasteiger partial charge < -0.3 is 4.90 Å². The molecule has 2 amide bonds. The lowest BCUT2D eigenvalue weighted by molar-refractivity contribution is -0.137. The lowest BCUT2D eigenvalue weighted by Crippen LogP contribution is -2.34. The predicted octanol–water partition coefficient (Wildman–Crippen LogP) is 5.91. The van der Waals surface area contributed by atoms with Crippen molar-refractivity contribution in [2.75, 3.05) is 13.6 Å². The molecule has 3 rings (SSSR count). The van der Waals surface area contributed by atoms with Crippen molar-refractivity contribution in [3.05, 3.63) is 76.4 Å². The van der Waals surface area contributed by atoms with Crippen LogP contribution in [0.5, 0.6) is 0 Å². The molecule has 1 aliphatic heterocycles. The van der Waals surface area contributed by atoms with E-state index in [1.807, 2.05) is 54.4 Å². The van der Waals surface area contributed by atoms with Crippen LogP contribution in [0, 0.1) is 0 Å². The molecule has 0 unspecified atom stereocenters. The number of amides is 2. The molecular formula is C26H31ClN2O2. The molecule has 0 saturated heterocycles. The molecule has 2 aromatic rings. The lowest BCUT2D eigenvalue weighted by Gasteiger charge is -2.21. The Bertz CT molecular complexity index is 922. The molecule has 0 N–H and O–H groups in total. The van der Waals surface area contributed by atoms with Crippen molar-refractivity contribution < 1.29 is 9.59 Å². The normalized spacial score (nSPS) is 14.0. The van der Waals surface area contributed by atoms with Crippen LogP contribution in [0.1, 0.15) is 56.6 Å². The third kappa shape index (κ3) is 5.76. The summed E-state index contributed by atoms with van der Waals surface area (Å²) in [6.07, 6.45) is 6.65. The molecule has 4 nitrogen and oxygen atoms in total. The Balaban J connectivity index is 1.82. The first-order valence-corrected chi connectivity index (χ1v) is 11.5. The Labute approximate surface area is 190 Å². The summed E-state index contributed by atoms with van der Waals surface area (Å²) in [5.74, 6) is -0.419. The zero-order valence-corrected chi connectivity index (χ0v) is 19.2. The van der Waals surface area contributed by atoms with E-state index in [1.54, 1.807) is 12.1 Å². The van der Waals surface area contributed by atoms with E-state index in [4.69, 9.17) is 11.6 Å². The SMILES string of the molecule is CCCCCCCCN1C(=O)C(c2ccc(Cl)cc2)=C(N(C)Cc2ccccc2)C1=O. The van der Waals surface area contributed by atoms with E-state index in [9.17, 15) is 9.59 Å². The van der Waals surface area contributed by atoms with Gasteiger partial charge in [0.1, 0.15) is 5.70 Å². The minimum Gasteiger partial charge on any atom is -0.365 e. The maximum Gasteiger partial charge on any atom is 0.277 e. The Morgan fingerprint density at radius 2 is 1.48 bits per heavy atom. The van der Waals surface area contributed by atoms with Gasteiger partial charge in [-0.15, -0.1) is 0 Å². The van der Waals surface area contributed by atoms with Crippen LogP contribution in [0.15, 0.2) is 60.3 Å². The number of imide groups is 1. The molecule has 164 valence electrons. The number of halogens is 1. The second-order valence-electron chi connectivity index (χ2n) is 8.10. The number of rotatable bonds is 11. The summed E-state index contributed by atoms with van der Waals surface area (Å²) in [4.78, 5) is 30.0. The number of unbranched alkanes of at least 4 members (excludes halogenated alkanes) is 5. The molecule has 31 heavy (non-hydrogen) atoms. The highest BCUT2D eigenvalue weighted by Gasteiger charge is 2.40. The van der Waals surface area contributed by atoms with E-state index in [1.165, 1.54) is 24.2 Å². The summed E-state index contributed by atoms with van der Waals surface area (Å²) in [7, 11) is 1.87. The van der Waals surface area contributed by atoms with Gasteiger partial charge in [-0.3, -0.25) is 14.5 Å². The minimum atomic E-state index is -0.212. The number of benzene rings is 2. The Kier molecular flexibility index (Phi) is 8.30. The third-order valence-electron chi connectivity index (χ3n) is 5.66. The minimum absolute atomic E-state index is 0.207. The number of hydrogen-bond acceptors (Lipinski definition) is 3. The molecule has 5 heteroatoms. The number of carbonyl (C=O) groups excluding carboxylic acids is 2. The average molecular weight is 439 g/mol. The molecule has 0 fully saturated rings. The van der Waals surface area contributed by atoms with Crippen molar-refractivity contribution in [3.63, 3.8) is 0 Å². The Morgan fingerprint density at radius 1 is 0.839 bits per heavy atom. The second-order valence-corrected chi connectivity index (χ2v) is 8.54. The fourth-order valence-electron chi connectivity index (χ4n) is 3.98. The molecule has 0 aliphatic carbocycles. The predicted molar refractivity (Wildman–Crippen MR) is 126 cm³/mol. The van der Waals surface area contributed by atoms with Gasteiger partial charge in [-0.05, 0) is 29.7 Å². The third-order valence-corrected chi connectivity index (χ3v) is 5.91. The quantitative estimate of drug-likeness (QED) is 0.323.